The van der Waals surface area contributed by atoms with E-state index in [1.807, 2.05) is 0 Å². The quantitative estimate of drug-likeness (QED) is 0.790. The molecule has 0 amide bonds. The molecule has 5 heteroatoms. The lowest BCUT2D eigenvalue weighted by Gasteiger charge is -2.10. The van der Waals surface area contributed by atoms with E-state index < -0.39 is 17.8 Å². The number of halogens is 1. The van der Waals surface area contributed by atoms with Crippen molar-refractivity contribution in [2.24, 2.45) is 5.73 Å². The molecule has 0 fully saturated rings. The van der Waals surface area contributed by atoms with E-state index in [2.05, 4.69) is 0 Å². The molecule has 0 saturated carbocycles. The first kappa shape index (κ1) is 11.5. The van der Waals surface area contributed by atoms with Gasteiger partial charge in [-0.25, -0.2) is 4.39 Å². The van der Waals surface area contributed by atoms with Crippen molar-refractivity contribution < 1.29 is 19.0 Å². The van der Waals surface area contributed by atoms with Crippen LogP contribution in [0.3, 0.4) is 0 Å². The summed E-state index contributed by atoms with van der Waals surface area (Å²) in [7, 11) is 1.36. The van der Waals surface area contributed by atoms with Crippen molar-refractivity contribution in [1.82, 2.24) is 0 Å². The summed E-state index contributed by atoms with van der Waals surface area (Å²) in [5.74, 6) is -1.45. The fraction of sp³-hybridized carbons (Fsp3) is 0.300. The zero-order chi connectivity index (χ0) is 11.4. The number of carboxylic acids is 1. The van der Waals surface area contributed by atoms with Crippen LogP contribution in [0.2, 0.25) is 0 Å². The second-order valence-corrected chi connectivity index (χ2v) is 3.10. The van der Waals surface area contributed by atoms with Gasteiger partial charge in [0.05, 0.1) is 13.5 Å². The van der Waals surface area contributed by atoms with Gasteiger partial charge in [-0.2, -0.15) is 0 Å². The van der Waals surface area contributed by atoms with Crippen molar-refractivity contribution in [1.29, 1.82) is 0 Å². The second-order valence-electron chi connectivity index (χ2n) is 3.10. The standard InChI is InChI=1S/C10H12FNO3/c1-15-9-3-2-6(4-7(9)11)8(12)5-10(13)14/h2-4,8H,5,12H2,1H3,(H,13,14)/t8-/m0/s1. The SMILES string of the molecule is COc1ccc([C@@H](N)CC(=O)O)cc1F. The van der Waals surface area contributed by atoms with Gasteiger partial charge in [-0.05, 0) is 17.7 Å². The summed E-state index contributed by atoms with van der Waals surface area (Å²) in [6, 6.07) is 3.46. The van der Waals surface area contributed by atoms with Gasteiger partial charge < -0.3 is 15.6 Å². The Bertz CT molecular complexity index is 368. The molecule has 3 N–H and O–H groups in total. The summed E-state index contributed by atoms with van der Waals surface area (Å²) < 4.78 is 17.9. The summed E-state index contributed by atoms with van der Waals surface area (Å²) >= 11 is 0. The third kappa shape index (κ3) is 2.92. The van der Waals surface area contributed by atoms with Crippen LogP contribution in [0.4, 0.5) is 4.39 Å². The van der Waals surface area contributed by atoms with E-state index in [-0.39, 0.29) is 12.2 Å². The molecule has 82 valence electrons. The van der Waals surface area contributed by atoms with Crippen molar-refractivity contribution in [3.63, 3.8) is 0 Å². The average Bonchev–Trinajstić information content (AvgIpc) is 2.16. The van der Waals surface area contributed by atoms with Crippen molar-refractivity contribution in [2.45, 2.75) is 12.5 Å². The molecule has 4 nitrogen and oxygen atoms in total. The molecule has 1 atom stereocenters. The Morgan fingerprint density at radius 1 is 1.67 bits per heavy atom. The molecule has 0 aromatic heterocycles. The molecular formula is C10H12FNO3. The summed E-state index contributed by atoms with van der Waals surface area (Å²) in [5, 5.41) is 8.52. The molecule has 0 aliphatic heterocycles. The van der Waals surface area contributed by atoms with Crippen LogP contribution in [-0.4, -0.2) is 18.2 Å². The predicted molar refractivity (Wildman–Crippen MR) is 52.1 cm³/mol. The number of rotatable bonds is 4. The van der Waals surface area contributed by atoms with E-state index >= 15 is 0 Å². The van der Waals surface area contributed by atoms with Crippen LogP contribution >= 0.6 is 0 Å². The molecule has 1 aromatic rings. The van der Waals surface area contributed by atoms with Crippen molar-refractivity contribution in [2.75, 3.05) is 7.11 Å². The minimum atomic E-state index is -1.02. The Morgan fingerprint density at radius 3 is 2.80 bits per heavy atom. The highest BCUT2D eigenvalue weighted by atomic mass is 19.1. The van der Waals surface area contributed by atoms with Gasteiger partial charge in [0.15, 0.2) is 11.6 Å². The maximum Gasteiger partial charge on any atom is 0.305 e. The smallest absolute Gasteiger partial charge is 0.305 e. The zero-order valence-corrected chi connectivity index (χ0v) is 8.24. The van der Waals surface area contributed by atoms with Gasteiger partial charge in [-0.3, -0.25) is 4.79 Å². The van der Waals surface area contributed by atoms with Crippen molar-refractivity contribution in [3.05, 3.63) is 29.6 Å². The zero-order valence-electron chi connectivity index (χ0n) is 8.24. The Hall–Kier alpha value is -1.62. The number of aliphatic carboxylic acids is 1. The Morgan fingerprint density at radius 2 is 2.33 bits per heavy atom. The van der Waals surface area contributed by atoms with Crippen LogP contribution in [0.25, 0.3) is 0 Å². The molecule has 15 heavy (non-hydrogen) atoms. The fourth-order valence-electron chi connectivity index (χ4n) is 1.22. The lowest BCUT2D eigenvalue weighted by molar-refractivity contribution is -0.137. The minimum Gasteiger partial charge on any atom is -0.494 e. The largest absolute Gasteiger partial charge is 0.494 e. The summed E-state index contributed by atoms with van der Waals surface area (Å²) in [6.45, 7) is 0. The van der Waals surface area contributed by atoms with Gasteiger partial charge in [0, 0.05) is 6.04 Å². The molecule has 0 radical (unpaired) electrons. The Labute approximate surface area is 86.5 Å². The van der Waals surface area contributed by atoms with E-state index in [0.717, 1.165) is 0 Å². The molecule has 1 aromatic carbocycles. The van der Waals surface area contributed by atoms with Crippen LogP contribution in [0.15, 0.2) is 18.2 Å². The second kappa shape index (κ2) is 4.75. The van der Waals surface area contributed by atoms with Crippen LogP contribution in [0, 0.1) is 5.82 Å². The predicted octanol–water partition coefficient (Wildman–Crippen LogP) is 1.31. The van der Waals surface area contributed by atoms with E-state index in [1.165, 1.54) is 19.2 Å². The van der Waals surface area contributed by atoms with Gasteiger partial charge in [0.2, 0.25) is 0 Å². The number of hydrogen-bond acceptors (Lipinski definition) is 3. The first-order chi connectivity index (χ1) is 7.04. The highest BCUT2D eigenvalue weighted by Gasteiger charge is 2.12. The van der Waals surface area contributed by atoms with Gasteiger partial charge in [0.1, 0.15) is 0 Å². The number of carbonyl (C=O) groups is 1. The van der Waals surface area contributed by atoms with Crippen molar-refractivity contribution >= 4 is 5.97 Å². The summed E-state index contributed by atoms with van der Waals surface area (Å²) in [4.78, 5) is 10.4. The lowest BCUT2D eigenvalue weighted by atomic mass is 10.0. The van der Waals surface area contributed by atoms with Crippen LogP contribution in [-0.2, 0) is 4.79 Å². The van der Waals surface area contributed by atoms with E-state index in [1.54, 1.807) is 6.07 Å². The maximum atomic E-state index is 13.2. The fourth-order valence-corrected chi connectivity index (χ4v) is 1.22. The number of ether oxygens (including phenoxy) is 1. The minimum absolute atomic E-state index is 0.112. The van der Waals surface area contributed by atoms with E-state index in [0.29, 0.717) is 5.56 Å². The molecule has 0 bridgehead atoms. The number of benzene rings is 1. The Kier molecular flexibility index (Phi) is 3.62. The Balaban J connectivity index is 2.87. The van der Waals surface area contributed by atoms with Gasteiger partial charge in [-0.1, -0.05) is 6.07 Å². The van der Waals surface area contributed by atoms with E-state index in [9.17, 15) is 9.18 Å². The lowest BCUT2D eigenvalue weighted by Crippen LogP contribution is -2.15. The third-order valence-electron chi connectivity index (χ3n) is 2.00. The highest BCUT2D eigenvalue weighted by molar-refractivity contribution is 5.67. The number of hydrogen-bond donors (Lipinski definition) is 2. The monoisotopic (exact) mass is 213 g/mol. The molecule has 1 rings (SSSR count). The normalized spacial score (nSPS) is 12.2. The first-order valence-electron chi connectivity index (χ1n) is 4.35. The summed E-state index contributed by atoms with van der Waals surface area (Å²) in [5.41, 5.74) is 6.01. The highest BCUT2D eigenvalue weighted by Crippen LogP contribution is 2.22. The van der Waals surface area contributed by atoms with Crippen LogP contribution in [0.1, 0.15) is 18.0 Å². The molecular weight excluding hydrogens is 201 g/mol. The number of methoxy groups -OCH3 is 1. The molecule has 0 aliphatic carbocycles. The number of nitrogens with two attached hydrogens (primary N) is 1. The van der Waals surface area contributed by atoms with Gasteiger partial charge in [-0.15, -0.1) is 0 Å². The molecule has 0 saturated heterocycles. The van der Waals surface area contributed by atoms with Crippen LogP contribution < -0.4 is 10.5 Å². The summed E-state index contributed by atoms with van der Waals surface area (Å²) in [6.07, 6.45) is -0.230. The maximum absolute atomic E-state index is 13.2. The average molecular weight is 213 g/mol. The first-order valence-corrected chi connectivity index (χ1v) is 4.35. The third-order valence-corrected chi connectivity index (χ3v) is 2.00. The molecule has 0 unspecified atom stereocenters. The van der Waals surface area contributed by atoms with Gasteiger partial charge >= 0.3 is 5.97 Å². The molecule has 0 heterocycles. The van der Waals surface area contributed by atoms with Crippen molar-refractivity contribution in [3.8, 4) is 5.75 Å². The van der Waals surface area contributed by atoms with Crippen LogP contribution in [0.5, 0.6) is 5.75 Å². The number of carboxylic acid groups (broad SMARTS) is 1. The van der Waals surface area contributed by atoms with Gasteiger partial charge in [0.25, 0.3) is 0 Å². The van der Waals surface area contributed by atoms with E-state index in [4.69, 9.17) is 15.6 Å². The molecule has 0 spiro atoms. The topological polar surface area (TPSA) is 72.5 Å². The molecule has 0 aliphatic rings.